The van der Waals surface area contributed by atoms with Crippen molar-refractivity contribution in [3.63, 3.8) is 0 Å². The number of hydrogen-bond donors (Lipinski definition) is 1. The lowest BCUT2D eigenvalue weighted by atomic mass is 10.3. The topological polar surface area (TPSA) is 38.3 Å². The number of allylic oxidation sites excluding steroid dienone is 1. The molecule has 0 aromatic rings. The van der Waals surface area contributed by atoms with Gasteiger partial charge in [-0.3, -0.25) is 0 Å². The fourth-order valence-corrected chi connectivity index (χ4v) is 0.571. The molecule has 0 spiro atoms. The molecule has 1 N–H and O–H groups in total. The highest BCUT2D eigenvalue weighted by Gasteiger charge is 2.06. The average Bonchev–Trinajstić information content (AvgIpc) is 2.04. The Morgan fingerprint density at radius 3 is 2.42 bits per heavy atom. The highest BCUT2D eigenvalue weighted by Crippen LogP contribution is 1.97. The van der Waals surface area contributed by atoms with Gasteiger partial charge in [0.25, 0.3) is 0 Å². The van der Waals surface area contributed by atoms with Crippen molar-refractivity contribution in [1.29, 1.82) is 0 Å². The summed E-state index contributed by atoms with van der Waals surface area (Å²) in [6, 6.07) is 0. The van der Waals surface area contributed by atoms with Crippen molar-refractivity contribution in [2.45, 2.75) is 20.3 Å². The van der Waals surface area contributed by atoms with E-state index in [1.165, 1.54) is 0 Å². The van der Waals surface area contributed by atoms with Crippen LogP contribution in [0.2, 0.25) is 0 Å². The van der Waals surface area contributed by atoms with E-state index >= 15 is 0 Å². The fraction of sp³-hybridized carbons (Fsp3) is 0.444. The van der Waals surface area contributed by atoms with Crippen LogP contribution < -0.4 is 5.32 Å². The minimum atomic E-state index is -0.424. The minimum Gasteiger partial charge on any atom is -0.461 e. The van der Waals surface area contributed by atoms with Crippen molar-refractivity contribution in [3.8, 4) is 0 Å². The van der Waals surface area contributed by atoms with Gasteiger partial charge in [-0.05, 0) is 13.3 Å². The Kier molecular flexibility index (Phi) is 4.84. The van der Waals surface area contributed by atoms with Gasteiger partial charge in [-0.2, -0.15) is 0 Å². The van der Waals surface area contributed by atoms with E-state index in [4.69, 9.17) is 4.74 Å². The van der Waals surface area contributed by atoms with Gasteiger partial charge in [-0.25, -0.2) is 4.79 Å². The predicted octanol–water partition coefficient (Wildman–Crippen LogP) is 1.58. The summed E-state index contributed by atoms with van der Waals surface area (Å²) in [5.41, 5.74) is 0.997. The molecule has 0 aromatic carbocycles. The molecule has 12 heavy (non-hydrogen) atoms. The van der Waals surface area contributed by atoms with E-state index < -0.39 is 5.97 Å². The Hall–Kier alpha value is -1.25. The van der Waals surface area contributed by atoms with Gasteiger partial charge >= 0.3 is 5.97 Å². The molecule has 3 nitrogen and oxygen atoms in total. The Morgan fingerprint density at radius 1 is 1.42 bits per heavy atom. The summed E-state index contributed by atoms with van der Waals surface area (Å²) in [6.45, 7) is 11.2. The van der Waals surface area contributed by atoms with Crippen LogP contribution in [0.5, 0.6) is 0 Å². The number of esters is 1. The molecular weight excluding hydrogens is 154 g/mol. The fourth-order valence-electron chi connectivity index (χ4n) is 0.571. The molecule has 0 rings (SSSR count). The largest absolute Gasteiger partial charge is 0.461 e. The van der Waals surface area contributed by atoms with Crippen LogP contribution in [0.25, 0.3) is 0 Å². The molecule has 0 bridgehead atoms. The summed E-state index contributed by atoms with van der Waals surface area (Å²) < 4.78 is 4.71. The van der Waals surface area contributed by atoms with E-state index in [1.54, 1.807) is 6.92 Å². The van der Waals surface area contributed by atoms with E-state index in [-0.39, 0.29) is 5.70 Å². The summed E-state index contributed by atoms with van der Waals surface area (Å²) in [7, 11) is 0. The summed E-state index contributed by atoms with van der Waals surface area (Å²) >= 11 is 0. The third-order valence-electron chi connectivity index (χ3n) is 1.28. The molecule has 0 aromatic heterocycles. The smallest absolute Gasteiger partial charge is 0.354 e. The molecule has 0 saturated carbocycles. The molecule has 0 aliphatic rings. The van der Waals surface area contributed by atoms with E-state index in [2.05, 4.69) is 18.5 Å². The number of carbonyl (C=O) groups is 1. The Balaban J connectivity index is 3.87. The average molecular weight is 169 g/mol. The van der Waals surface area contributed by atoms with Crippen molar-refractivity contribution in [1.82, 2.24) is 5.32 Å². The predicted molar refractivity (Wildman–Crippen MR) is 48.3 cm³/mol. The second-order valence-corrected chi connectivity index (χ2v) is 2.28. The van der Waals surface area contributed by atoms with Crippen LogP contribution in [0.3, 0.4) is 0 Å². The zero-order valence-electron chi connectivity index (χ0n) is 7.64. The number of rotatable bonds is 5. The zero-order valence-corrected chi connectivity index (χ0v) is 7.64. The van der Waals surface area contributed by atoms with E-state index in [0.717, 1.165) is 12.1 Å². The Labute approximate surface area is 73.1 Å². The second kappa shape index (κ2) is 5.41. The summed E-state index contributed by atoms with van der Waals surface area (Å²) in [4.78, 5) is 11.0. The monoisotopic (exact) mass is 169 g/mol. The maximum atomic E-state index is 11.0. The number of ether oxygens (including phenoxy) is 1. The van der Waals surface area contributed by atoms with Crippen LogP contribution in [-0.2, 0) is 9.53 Å². The van der Waals surface area contributed by atoms with E-state index in [0.29, 0.717) is 6.61 Å². The molecule has 68 valence electrons. The normalized spacial score (nSPS) is 8.83. The molecule has 0 aliphatic carbocycles. The molecule has 0 radical (unpaired) electrons. The van der Waals surface area contributed by atoms with Crippen LogP contribution in [0, 0.1) is 0 Å². The van der Waals surface area contributed by atoms with Crippen LogP contribution in [0.4, 0.5) is 0 Å². The first-order chi connectivity index (χ1) is 5.61. The van der Waals surface area contributed by atoms with Crippen molar-refractivity contribution in [3.05, 3.63) is 24.6 Å². The highest BCUT2D eigenvalue weighted by atomic mass is 16.5. The molecule has 0 atom stereocenters. The van der Waals surface area contributed by atoms with Gasteiger partial charge in [0.2, 0.25) is 0 Å². The van der Waals surface area contributed by atoms with Gasteiger partial charge in [0, 0.05) is 5.70 Å². The number of hydrogen-bond acceptors (Lipinski definition) is 3. The first-order valence-corrected chi connectivity index (χ1v) is 3.92. The van der Waals surface area contributed by atoms with Gasteiger partial charge in [0.15, 0.2) is 0 Å². The van der Waals surface area contributed by atoms with Crippen LogP contribution in [0.15, 0.2) is 24.6 Å². The molecule has 0 saturated heterocycles. The number of carbonyl (C=O) groups excluding carboxylic acids is 1. The van der Waals surface area contributed by atoms with Gasteiger partial charge in [0.05, 0.1) is 6.61 Å². The molecule has 0 heterocycles. The maximum Gasteiger partial charge on any atom is 0.354 e. The standard InChI is InChI=1S/C9H15NO2/c1-5-7(3)10-8(4)9(11)12-6-2/h10H,3-6H2,1-2H3. The second-order valence-electron chi connectivity index (χ2n) is 2.28. The summed E-state index contributed by atoms with van der Waals surface area (Å²) in [5, 5.41) is 2.75. The maximum absolute atomic E-state index is 11.0. The minimum absolute atomic E-state index is 0.240. The lowest BCUT2D eigenvalue weighted by Crippen LogP contribution is -2.20. The van der Waals surface area contributed by atoms with Crippen LogP contribution >= 0.6 is 0 Å². The van der Waals surface area contributed by atoms with Gasteiger partial charge in [0.1, 0.15) is 5.70 Å². The first-order valence-electron chi connectivity index (χ1n) is 3.92. The van der Waals surface area contributed by atoms with E-state index in [9.17, 15) is 4.79 Å². The molecular formula is C9H15NO2. The SMILES string of the molecule is C=C(CC)NC(=C)C(=O)OCC. The zero-order chi connectivity index (χ0) is 9.56. The molecule has 0 aliphatic heterocycles. The van der Waals surface area contributed by atoms with Crippen molar-refractivity contribution in [2.75, 3.05) is 6.61 Å². The van der Waals surface area contributed by atoms with Crippen molar-refractivity contribution >= 4 is 5.97 Å². The summed E-state index contributed by atoms with van der Waals surface area (Å²) in [5.74, 6) is -0.424. The third-order valence-corrected chi connectivity index (χ3v) is 1.28. The molecule has 0 amide bonds. The molecule has 0 fully saturated rings. The van der Waals surface area contributed by atoms with Gasteiger partial charge in [-0.1, -0.05) is 20.1 Å². The lowest BCUT2D eigenvalue weighted by molar-refractivity contribution is -0.138. The first kappa shape index (κ1) is 10.8. The van der Waals surface area contributed by atoms with E-state index in [1.807, 2.05) is 6.92 Å². The molecule has 0 unspecified atom stereocenters. The quantitative estimate of drug-likeness (QED) is 0.501. The highest BCUT2D eigenvalue weighted by molar-refractivity contribution is 5.87. The molecule has 3 heteroatoms. The Bertz CT molecular complexity index is 197. The van der Waals surface area contributed by atoms with Gasteiger partial charge in [-0.15, -0.1) is 0 Å². The van der Waals surface area contributed by atoms with Crippen molar-refractivity contribution < 1.29 is 9.53 Å². The summed E-state index contributed by atoms with van der Waals surface area (Å²) in [6.07, 6.45) is 0.762. The third kappa shape index (κ3) is 3.81. The van der Waals surface area contributed by atoms with Gasteiger partial charge < -0.3 is 10.1 Å². The van der Waals surface area contributed by atoms with Crippen LogP contribution in [0.1, 0.15) is 20.3 Å². The lowest BCUT2D eigenvalue weighted by Gasteiger charge is -2.08. The Morgan fingerprint density at radius 2 is 2.00 bits per heavy atom. The number of nitrogens with one attached hydrogen (secondary N) is 1. The van der Waals surface area contributed by atoms with Crippen LogP contribution in [-0.4, -0.2) is 12.6 Å². The van der Waals surface area contributed by atoms with Crippen molar-refractivity contribution in [2.24, 2.45) is 0 Å².